The molecule has 1 aliphatic rings. The van der Waals surface area contributed by atoms with Crippen molar-refractivity contribution in [3.8, 4) is 0 Å². The number of hydrogen-bond acceptors (Lipinski definition) is 3. The van der Waals surface area contributed by atoms with Gasteiger partial charge in [-0.05, 0) is 47.9 Å². The van der Waals surface area contributed by atoms with Gasteiger partial charge in [-0.2, -0.15) is 0 Å². The topological polar surface area (TPSA) is 55.4 Å². The Balaban J connectivity index is 1.64. The molecule has 0 saturated carbocycles. The van der Waals surface area contributed by atoms with Crippen LogP contribution in [0.2, 0.25) is 0 Å². The fraction of sp³-hybridized carbons (Fsp3) is 0.318. The van der Waals surface area contributed by atoms with Crippen molar-refractivity contribution < 1.29 is 14.3 Å². The van der Waals surface area contributed by atoms with Crippen molar-refractivity contribution in [1.29, 1.82) is 0 Å². The molecule has 0 fully saturated rings. The van der Waals surface area contributed by atoms with Crippen LogP contribution in [0.5, 0.6) is 0 Å². The van der Waals surface area contributed by atoms with Crippen molar-refractivity contribution in [3.05, 3.63) is 77.2 Å². The second-order valence-electron chi connectivity index (χ2n) is 6.97. The van der Waals surface area contributed by atoms with Crippen LogP contribution in [0.1, 0.15) is 40.9 Å². The summed E-state index contributed by atoms with van der Waals surface area (Å²) in [6.07, 6.45) is 3.49. The Kier molecular flexibility index (Phi) is 5.71. The second-order valence-corrected chi connectivity index (χ2v) is 6.97. The minimum absolute atomic E-state index is 0.0356. The Hall–Kier alpha value is -2.62. The number of fused-ring (bicyclic) bond motifs is 1. The first kappa shape index (κ1) is 18.2. The Morgan fingerprint density at radius 3 is 2.50 bits per heavy atom. The third kappa shape index (κ3) is 4.31. The molecule has 3 rings (SSSR count). The van der Waals surface area contributed by atoms with E-state index >= 15 is 0 Å². The summed E-state index contributed by atoms with van der Waals surface area (Å²) in [7, 11) is 0. The molecule has 0 spiro atoms. The molecule has 1 N–H and O–H groups in total. The summed E-state index contributed by atoms with van der Waals surface area (Å²) in [5.74, 6) is -0.113. The molecule has 0 saturated heterocycles. The predicted octanol–water partition coefficient (Wildman–Crippen LogP) is 4.12. The van der Waals surface area contributed by atoms with Gasteiger partial charge in [-0.3, -0.25) is 4.79 Å². The first-order chi connectivity index (χ1) is 12.5. The van der Waals surface area contributed by atoms with Crippen molar-refractivity contribution in [3.63, 3.8) is 0 Å². The van der Waals surface area contributed by atoms with Crippen molar-refractivity contribution in [2.45, 2.75) is 39.3 Å². The summed E-state index contributed by atoms with van der Waals surface area (Å²) >= 11 is 0. The number of carbonyl (C=O) groups excluding carboxylic acids is 2. The monoisotopic (exact) mass is 350 g/mol. The molecule has 2 aromatic rings. The minimum Gasteiger partial charge on any atom is -0.445 e. The smallest absolute Gasteiger partial charge is 0.408 e. The summed E-state index contributed by atoms with van der Waals surface area (Å²) in [5, 5.41) is 2.73. The zero-order chi connectivity index (χ0) is 18.5. The van der Waals surface area contributed by atoms with Crippen LogP contribution < -0.4 is 5.32 Å². The number of benzene rings is 2. The molecular weight excluding hydrogens is 326 g/mol. The van der Waals surface area contributed by atoms with Crippen LogP contribution in [0, 0.1) is 12.3 Å². The van der Waals surface area contributed by atoms with E-state index in [1.807, 2.05) is 62.4 Å². The van der Waals surface area contributed by atoms with Gasteiger partial charge in [-0.1, -0.05) is 56.3 Å². The summed E-state index contributed by atoms with van der Waals surface area (Å²) < 4.78 is 5.26. The Labute approximate surface area is 154 Å². The molecule has 0 aromatic heterocycles. The van der Waals surface area contributed by atoms with Gasteiger partial charge in [0.15, 0.2) is 5.78 Å². The Morgan fingerprint density at radius 1 is 1.04 bits per heavy atom. The van der Waals surface area contributed by atoms with Crippen LogP contribution >= 0.6 is 0 Å². The molecule has 135 valence electrons. The number of carbonyl (C=O) groups is 2. The molecule has 4 heteroatoms. The lowest BCUT2D eigenvalue weighted by Crippen LogP contribution is -2.44. The van der Waals surface area contributed by atoms with Gasteiger partial charge in [-0.15, -0.1) is 0 Å². The van der Waals surface area contributed by atoms with E-state index in [0.717, 1.165) is 18.4 Å². The number of Topliss-reactive ketones (excluding diaryl/α,β-unsaturated/α-hetero) is 1. The zero-order valence-corrected chi connectivity index (χ0v) is 15.2. The van der Waals surface area contributed by atoms with Gasteiger partial charge in [-0.25, -0.2) is 4.79 Å². The first-order valence-electron chi connectivity index (χ1n) is 8.99. The van der Waals surface area contributed by atoms with Crippen LogP contribution in [-0.4, -0.2) is 17.9 Å². The van der Waals surface area contributed by atoms with Crippen molar-refractivity contribution in [2.75, 3.05) is 0 Å². The maximum Gasteiger partial charge on any atom is 0.408 e. The molecule has 1 radical (unpaired) electrons. The van der Waals surface area contributed by atoms with Gasteiger partial charge in [0.2, 0.25) is 0 Å². The van der Waals surface area contributed by atoms with Crippen LogP contribution in [0.3, 0.4) is 0 Å². The van der Waals surface area contributed by atoms with E-state index in [9.17, 15) is 9.59 Å². The van der Waals surface area contributed by atoms with Crippen LogP contribution in [0.4, 0.5) is 4.79 Å². The van der Waals surface area contributed by atoms with Crippen molar-refractivity contribution >= 4 is 11.9 Å². The molecule has 0 heterocycles. The van der Waals surface area contributed by atoms with E-state index in [0.29, 0.717) is 5.56 Å². The molecule has 1 amide bonds. The lowest BCUT2D eigenvalue weighted by Gasteiger charge is -2.21. The highest BCUT2D eigenvalue weighted by Gasteiger charge is 2.27. The van der Waals surface area contributed by atoms with Gasteiger partial charge in [0, 0.05) is 5.56 Å². The lowest BCUT2D eigenvalue weighted by molar-refractivity contribution is 0.0886. The molecule has 1 atom stereocenters. The maximum atomic E-state index is 12.9. The average molecular weight is 350 g/mol. The van der Waals surface area contributed by atoms with Crippen LogP contribution in [0.15, 0.2) is 48.5 Å². The van der Waals surface area contributed by atoms with Gasteiger partial charge in [0.1, 0.15) is 6.61 Å². The van der Waals surface area contributed by atoms with Crippen molar-refractivity contribution in [2.24, 2.45) is 5.92 Å². The van der Waals surface area contributed by atoms with Crippen LogP contribution in [-0.2, 0) is 24.2 Å². The van der Waals surface area contributed by atoms with E-state index in [4.69, 9.17) is 4.74 Å². The lowest BCUT2D eigenvalue weighted by atomic mass is 9.93. The SMILES string of the molecule is CC(C)C(NC(=O)OCc1ccccc1)C(=O)c1ccc2c(c1)C[CH]C2. The number of alkyl carbamates (subject to hydrolysis) is 1. The maximum absolute atomic E-state index is 12.9. The number of nitrogens with one attached hydrogen (secondary N) is 1. The third-order valence-corrected chi connectivity index (χ3v) is 4.65. The van der Waals surface area contributed by atoms with Gasteiger partial charge in [0.05, 0.1) is 6.04 Å². The molecular formula is C22H24NO3. The summed E-state index contributed by atoms with van der Waals surface area (Å²) in [6, 6.07) is 14.7. The summed E-state index contributed by atoms with van der Waals surface area (Å²) in [6.45, 7) is 4.02. The summed E-state index contributed by atoms with van der Waals surface area (Å²) in [5.41, 5.74) is 4.02. The van der Waals surface area contributed by atoms with E-state index in [1.54, 1.807) is 0 Å². The minimum atomic E-state index is -0.610. The van der Waals surface area contributed by atoms with E-state index in [-0.39, 0.29) is 18.3 Å². The highest BCUT2D eigenvalue weighted by atomic mass is 16.5. The highest BCUT2D eigenvalue weighted by Crippen LogP contribution is 2.23. The number of ether oxygens (including phenoxy) is 1. The largest absolute Gasteiger partial charge is 0.445 e. The number of amides is 1. The molecule has 26 heavy (non-hydrogen) atoms. The van der Waals surface area contributed by atoms with Crippen LogP contribution in [0.25, 0.3) is 0 Å². The number of hydrogen-bond donors (Lipinski definition) is 1. The fourth-order valence-electron chi connectivity index (χ4n) is 3.16. The normalized spacial score (nSPS) is 14.0. The second kappa shape index (κ2) is 8.17. The van der Waals surface area contributed by atoms with E-state index in [1.165, 1.54) is 11.1 Å². The van der Waals surface area contributed by atoms with Crippen molar-refractivity contribution in [1.82, 2.24) is 5.32 Å². The van der Waals surface area contributed by atoms with Gasteiger partial charge >= 0.3 is 6.09 Å². The number of rotatable bonds is 6. The highest BCUT2D eigenvalue weighted by molar-refractivity contribution is 6.01. The summed E-state index contributed by atoms with van der Waals surface area (Å²) in [4.78, 5) is 25.1. The molecule has 0 aliphatic heterocycles. The quantitative estimate of drug-likeness (QED) is 0.797. The van der Waals surface area contributed by atoms with Gasteiger partial charge in [0.25, 0.3) is 0 Å². The molecule has 0 bridgehead atoms. The Morgan fingerprint density at radius 2 is 1.77 bits per heavy atom. The predicted molar refractivity (Wildman–Crippen MR) is 101 cm³/mol. The van der Waals surface area contributed by atoms with E-state index < -0.39 is 12.1 Å². The van der Waals surface area contributed by atoms with E-state index in [2.05, 4.69) is 11.7 Å². The Bertz CT molecular complexity index is 783. The molecule has 2 aromatic carbocycles. The molecule has 1 unspecified atom stereocenters. The fourth-order valence-corrected chi connectivity index (χ4v) is 3.16. The molecule has 4 nitrogen and oxygen atoms in total. The first-order valence-corrected chi connectivity index (χ1v) is 8.99. The third-order valence-electron chi connectivity index (χ3n) is 4.65. The average Bonchev–Trinajstić information content (AvgIpc) is 3.12. The molecule has 1 aliphatic carbocycles. The number of ketones is 1. The standard InChI is InChI=1S/C22H24NO3/c1-15(2)20(23-22(25)26-14-16-7-4-3-5-8-16)21(24)19-12-11-17-9-6-10-18(17)13-19/h3-8,11-13,15,20H,9-10,14H2,1-2H3,(H,23,25). The zero-order valence-electron chi connectivity index (χ0n) is 15.2. The van der Waals surface area contributed by atoms with Gasteiger partial charge < -0.3 is 10.1 Å².